The Bertz CT molecular complexity index is 698. The Morgan fingerprint density at radius 2 is 2.09 bits per heavy atom. The monoisotopic (exact) mass is 298 g/mol. The summed E-state index contributed by atoms with van der Waals surface area (Å²) >= 11 is 0. The molecule has 2 aromatic rings. The first-order valence-corrected chi connectivity index (χ1v) is 8.40. The third-order valence-electron chi connectivity index (χ3n) is 4.85. The van der Waals surface area contributed by atoms with Crippen LogP contribution in [0, 0.1) is 0 Å². The number of aryl methyl sites for hydroxylation is 2. The minimum absolute atomic E-state index is 0.0443. The zero-order chi connectivity index (χ0) is 14.9. The molecule has 0 spiro atoms. The first-order valence-electron chi connectivity index (χ1n) is 8.40. The number of carbonyl (C=O) groups excluding carboxylic acids is 1. The van der Waals surface area contributed by atoms with Gasteiger partial charge in [0.15, 0.2) is 0 Å². The predicted molar refractivity (Wildman–Crippen MR) is 87.1 cm³/mol. The van der Waals surface area contributed by atoms with Crippen molar-refractivity contribution in [1.29, 1.82) is 0 Å². The van der Waals surface area contributed by atoms with E-state index in [1.54, 1.807) is 0 Å². The molecule has 116 valence electrons. The van der Waals surface area contributed by atoms with E-state index in [0.29, 0.717) is 0 Å². The van der Waals surface area contributed by atoms with Crippen LogP contribution >= 0.6 is 0 Å². The summed E-state index contributed by atoms with van der Waals surface area (Å²) in [5.74, 6) is 1.22. The third kappa shape index (κ3) is 2.52. The van der Waals surface area contributed by atoms with E-state index in [1.807, 2.05) is 12.1 Å². The van der Waals surface area contributed by atoms with Crippen LogP contribution in [0.4, 0.5) is 5.69 Å². The van der Waals surface area contributed by atoms with Crippen LogP contribution in [-0.4, -0.2) is 18.5 Å². The van der Waals surface area contributed by atoms with E-state index in [-0.39, 0.29) is 11.9 Å². The molecule has 2 heterocycles. The maximum atomic E-state index is 12.2. The summed E-state index contributed by atoms with van der Waals surface area (Å²) in [5.41, 5.74) is 3.17. The number of rotatable bonds is 2. The molecule has 4 heteroatoms. The van der Waals surface area contributed by atoms with Crippen LogP contribution in [0.1, 0.15) is 43.4 Å². The summed E-state index contributed by atoms with van der Waals surface area (Å²) in [4.78, 5) is 12.2. The van der Waals surface area contributed by atoms with E-state index in [9.17, 15) is 4.79 Å². The Kier molecular flexibility index (Phi) is 3.62. The number of hydrogen-bond acceptors (Lipinski definition) is 3. The highest BCUT2D eigenvalue weighted by atomic mass is 16.3. The summed E-state index contributed by atoms with van der Waals surface area (Å²) < 4.78 is 6.01. The van der Waals surface area contributed by atoms with Gasteiger partial charge in [0.25, 0.3) is 0 Å². The molecule has 1 fully saturated rings. The second-order valence-corrected chi connectivity index (χ2v) is 6.41. The van der Waals surface area contributed by atoms with Crippen LogP contribution in [0.5, 0.6) is 0 Å². The molecule has 1 aromatic carbocycles. The fourth-order valence-electron chi connectivity index (χ4n) is 3.65. The molecule has 1 amide bonds. The van der Waals surface area contributed by atoms with Crippen LogP contribution < -0.4 is 10.6 Å². The molecular weight excluding hydrogens is 276 g/mol. The third-order valence-corrected chi connectivity index (χ3v) is 4.85. The Labute approximate surface area is 130 Å². The molecule has 1 aliphatic heterocycles. The average molecular weight is 298 g/mol. The van der Waals surface area contributed by atoms with Crippen molar-refractivity contribution < 1.29 is 9.21 Å². The number of fused-ring (bicyclic) bond motifs is 3. The maximum Gasteiger partial charge on any atom is 0.241 e. The number of carbonyl (C=O) groups is 1. The van der Waals surface area contributed by atoms with Crippen molar-refractivity contribution in [1.82, 2.24) is 5.32 Å². The van der Waals surface area contributed by atoms with Crippen LogP contribution in [0.2, 0.25) is 0 Å². The van der Waals surface area contributed by atoms with Crippen molar-refractivity contribution >= 4 is 22.6 Å². The molecule has 2 aliphatic rings. The quantitative estimate of drug-likeness (QED) is 0.836. The van der Waals surface area contributed by atoms with Crippen molar-refractivity contribution in [2.75, 3.05) is 11.9 Å². The van der Waals surface area contributed by atoms with Crippen LogP contribution in [0.15, 0.2) is 22.6 Å². The first-order chi connectivity index (χ1) is 10.8. The average Bonchev–Trinajstić information content (AvgIpc) is 3.10. The molecule has 4 nitrogen and oxygen atoms in total. The highest BCUT2D eigenvalue weighted by Gasteiger charge is 2.22. The molecule has 0 unspecified atom stereocenters. The van der Waals surface area contributed by atoms with Gasteiger partial charge in [-0.1, -0.05) is 6.42 Å². The van der Waals surface area contributed by atoms with Crippen LogP contribution in [-0.2, 0) is 17.6 Å². The lowest BCUT2D eigenvalue weighted by Crippen LogP contribution is -2.35. The first kappa shape index (κ1) is 13.8. The second-order valence-electron chi connectivity index (χ2n) is 6.41. The van der Waals surface area contributed by atoms with Gasteiger partial charge < -0.3 is 15.1 Å². The van der Waals surface area contributed by atoms with E-state index >= 15 is 0 Å². The number of nitrogens with one attached hydrogen (secondary N) is 2. The van der Waals surface area contributed by atoms with Crippen molar-refractivity contribution in [2.45, 2.75) is 51.0 Å². The van der Waals surface area contributed by atoms with Gasteiger partial charge in [-0.3, -0.25) is 4.79 Å². The minimum atomic E-state index is -0.0443. The lowest BCUT2D eigenvalue weighted by Gasteiger charge is -2.11. The fourth-order valence-corrected chi connectivity index (χ4v) is 3.65. The molecule has 0 bridgehead atoms. The highest BCUT2D eigenvalue weighted by Crippen LogP contribution is 2.32. The van der Waals surface area contributed by atoms with Gasteiger partial charge in [0.1, 0.15) is 11.3 Å². The fraction of sp³-hybridized carbons (Fsp3) is 0.500. The van der Waals surface area contributed by atoms with Gasteiger partial charge in [0.2, 0.25) is 5.91 Å². The number of hydrogen-bond donors (Lipinski definition) is 2. The molecule has 1 aliphatic carbocycles. The van der Waals surface area contributed by atoms with Crippen LogP contribution in [0.3, 0.4) is 0 Å². The SMILES string of the molecule is O=C(Nc1ccc2oc3c(c2c1)CCCCC3)[C@@H]1CCCN1. The van der Waals surface area contributed by atoms with Gasteiger partial charge in [-0.25, -0.2) is 0 Å². The molecule has 2 N–H and O–H groups in total. The standard InChI is InChI=1S/C18H22N2O2/c21-18(15-6-4-10-19-15)20-12-8-9-17-14(11-12)13-5-2-1-3-7-16(13)22-17/h8-9,11,15,19H,1-7,10H2,(H,20,21)/t15-/m0/s1. The minimum Gasteiger partial charge on any atom is -0.461 e. The Hall–Kier alpha value is -1.81. The molecule has 4 rings (SSSR count). The lowest BCUT2D eigenvalue weighted by molar-refractivity contribution is -0.117. The lowest BCUT2D eigenvalue weighted by atomic mass is 10.1. The van der Waals surface area contributed by atoms with Gasteiger partial charge in [0.05, 0.1) is 6.04 Å². The van der Waals surface area contributed by atoms with Gasteiger partial charge >= 0.3 is 0 Å². The van der Waals surface area contributed by atoms with Crippen molar-refractivity contribution in [3.63, 3.8) is 0 Å². The summed E-state index contributed by atoms with van der Waals surface area (Å²) in [6.45, 7) is 0.937. The summed E-state index contributed by atoms with van der Waals surface area (Å²) in [5, 5.41) is 7.46. The molecule has 1 aromatic heterocycles. The zero-order valence-electron chi connectivity index (χ0n) is 12.8. The topological polar surface area (TPSA) is 54.3 Å². The van der Waals surface area contributed by atoms with Gasteiger partial charge in [0, 0.05) is 23.1 Å². The number of benzene rings is 1. The smallest absolute Gasteiger partial charge is 0.241 e. The van der Waals surface area contributed by atoms with Crippen molar-refractivity contribution in [2.24, 2.45) is 0 Å². The summed E-state index contributed by atoms with van der Waals surface area (Å²) in [7, 11) is 0. The van der Waals surface area contributed by atoms with Gasteiger partial charge in [-0.2, -0.15) is 0 Å². The van der Waals surface area contributed by atoms with E-state index in [4.69, 9.17) is 4.42 Å². The van der Waals surface area contributed by atoms with E-state index in [1.165, 1.54) is 30.2 Å². The number of furan rings is 1. The second kappa shape index (κ2) is 5.76. The van der Waals surface area contributed by atoms with Crippen LogP contribution in [0.25, 0.3) is 11.0 Å². The van der Waals surface area contributed by atoms with Crippen molar-refractivity contribution in [3.05, 3.63) is 29.5 Å². The summed E-state index contributed by atoms with van der Waals surface area (Å²) in [6, 6.07) is 5.97. The maximum absolute atomic E-state index is 12.2. The van der Waals surface area contributed by atoms with Gasteiger partial charge in [-0.05, 0) is 56.8 Å². The molecule has 22 heavy (non-hydrogen) atoms. The number of anilines is 1. The number of amides is 1. The summed E-state index contributed by atoms with van der Waals surface area (Å²) in [6.07, 6.45) is 7.84. The van der Waals surface area contributed by atoms with Gasteiger partial charge in [-0.15, -0.1) is 0 Å². The molecular formula is C18H22N2O2. The molecule has 0 radical (unpaired) electrons. The Balaban J connectivity index is 1.62. The highest BCUT2D eigenvalue weighted by molar-refractivity contribution is 5.97. The molecule has 1 saturated heterocycles. The van der Waals surface area contributed by atoms with E-state index in [0.717, 1.165) is 49.3 Å². The van der Waals surface area contributed by atoms with E-state index in [2.05, 4.69) is 16.7 Å². The largest absolute Gasteiger partial charge is 0.461 e. The predicted octanol–water partition coefficient (Wildman–Crippen LogP) is 3.39. The van der Waals surface area contributed by atoms with Crippen molar-refractivity contribution in [3.8, 4) is 0 Å². The zero-order valence-corrected chi connectivity index (χ0v) is 12.8. The Morgan fingerprint density at radius 3 is 2.95 bits per heavy atom. The normalized spacial score (nSPS) is 21.5. The Morgan fingerprint density at radius 1 is 1.18 bits per heavy atom. The molecule has 1 atom stereocenters. The molecule has 0 saturated carbocycles. The van der Waals surface area contributed by atoms with E-state index < -0.39 is 0 Å².